The second-order valence-electron chi connectivity index (χ2n) is 5.70. The van der Waals surface area contributed by atoms with E-state index in [1.54, 1.807) is 6.07 Å². The highest BCUT2D eigenvalue weighted by Gasteiger charge is 2.31. The molecule has 1 fully saturated rings. The fourth-order valence-corrected chi connectivity index (χ4v) is 3.44. The van der Waals surface area contributed by atoms with Crippen molar-refractivity contribution in [3.63, 3.8) is 0 Å². The molecule has 0 amide bonds. The third kappa shape index (κ3) is 3.38. The summed E-state index contributed by atoms with van der Waals surface area (Å²) in [6.07, 6.45) is 5.10. The molecule has 1 nitrogen and oxygen atoms in total. The SMILES string of the molecule is CCC1(CC)CCN(Cc2cccc(F)c2Br)CC1. The van der Waals surface area contributed by atoms with Crippen LogP contribution in [0.3, 0.4) is 0 Å². The first kappa shape index (κ1) is 15.0. The molecule has 0 spiro atoms. The van der Waals surface area contributed by atoms with Crippen molar-refractivity contribution in [3.05, 3.63) is 34.1 Å². The Labute approximate surface area is 124 Å². The Balaban J connectivity index is 1.98. The number of nitrogens with zero attached hydrogens (tertiary/aromatic N) is 1. The van der Waals surface area contributed by atoms with Gasteiger partial charge in [-0.3, -0.25) is 4.90 Å². The van der Waals surface area contributed by atoms with Gasteiger partial charge in [-0.25, -0.2) is 4.39 Å². The summed E-state index contributed by atoms with van der Waals surface area (Å²) in [5.74, 6) is -0.161. The number of hydrogen-bond acceptors (Lipinski definition) is 1. The number of piperidine rings is 1. The molecule has 0 atom stereocenters. The Kier molecular flexibility index (Phi) is 5.02. The van der Waals surface area contributed by atoms with Crippen molar-refractivity contribution in [3.8, 4) is 0 Å². The molecular weight excluding hydrogens is 305 g/mol. The third-order valence-corrected chi connectivity index (χ3v) is 5.73. The summed E-state index contributed by atoms with van der Waals surface area (Å²) in [5.41, 5.74) is 1.61. The minimum Gasteiger partial charge on any atom is -0.299 e. The van der Waals surface area contributed by atoms with Crippen LogP contribution in [0.2, 0.25) is 0 Å². The standard InChI is InChI=1S/C16H23BrFN/c1-3-16(4-2)8-10-19(11-9-16)12-13-6-5-7-14(18)15(13)17/h5-7H,3-4,8-12H2,1-2H3. The van der Waals surface area contributed by atoms with Crippen LogP contribution in [-0.4, -0.2) is 18.0 Å². The van der Waals surface area contributed by atoms with Crippen molar-refractivity contribution in [2.45, 2.75) is 46.1 Å². The maximum Gasteiger partial charge on any atom is 0.137 e. The lowest BCUT2D eigenvalue weighted by Crippen LogP contribution is -2.39. The van der Waals surface area contributed by atoms with E-state index in [1.165, 1.54) is 31.7 Å². The van der Waals surface area contributed by atoms with Gasteiger partial charge in [0, 0.05) is 6.54 Å². The van der Waals surface area contributed by atoms with Gasteiger partial charge < -0.3 is 0 Å². The van der Waals surface area contributed by atoms with Crippen LogP contribution in [-0.2, 0) is 6.54 Å². The van der Waals surface area contributed by atoms with E-state index in [2.05, 4.69) is 34.7 Å². The minimum atomic E-state index is -0.161. The number of benzene rings is 1. The molecule has 1 heterocycles. The average Bonchev–Trinajstić information content (AvgIpc) is 2.45. The summed E-state index contributed by atoms with van der Waals surface area (Å²) in [6.45, 7) is 7.72. The number of halogens is 2. The van der Waals surface area contributed by atoms with E-state index < -0.39 is 0 Å². The monoisotopic (exact) mass is 327 g/mol. The van der Waals surface area contributed by atoms with E-state index >= 15 is 0 Å². The highest BCUT2D eigenvalue weighted by molar-refractivity contribution is 9.10. The molecule has 1 aliphatic heterocycles. The molecule has 3 heteroatoms. The lowest BCUT2D eigenvalue weighted by atomic mass is 9.74. The summed E-state index contributed by atoms with van der Waals surface area (Å²) in [7, 11) is 0. The van der Waals surface area contributed by atoms with Crippen molar-refractivity contribution < 1.29 is 4.39 Å². The maximum absolute atomic E-state index is 13.5. The molecular formula is C16H23BrFN. The van der Waals surface area contributed by atoms with Crippen molar-refractivity contribution in [1.29, 1.82) is 0 Å². The maximum atomic E-state index is 13.5. The minimum absolute atomic E-state index is 0.161. The lowest BCUT2D eigenvalue weighted by Gasteiger charge is -2.41. The van der Waals surface area contributed by atoms with Gasteiger partial charge in [0.2, 0.25) is 0 Å². The molecule has 0 unspecified atom stereocenters. The second kappa shape index (κ2) is 6.36. The van der Waals surface area contributed by atoms with Crippen molar-refractivity contribution >= 4 is 15.9 Å². The summed E-state index contributed by atoms with van der Waals surface area (Å²) in [4.78, 5) is 2.45. The molecule has 106 valence electrons. The summed E-state index contributed by atoms with van der Waals surface area (Å²) >= 11 is 3.36. The molecule has 0 bridgehead atoms. The van der Waals surface area contributed by atoms with Crippen molar-refractivity contribution in [1.82, 2.24) is 4.90 Å². The van der Waals surface area contributed by atoms with E-state index in [9.17, 15) is 4.39 Å². The van der Waals surface area contributed by atoms with Gasteiger partial charge in [0.15, 0.2) is 0 Å². The van der Waals surface area contributed by atoms with E-state index in [1.807, 2.05) is 6.07 Å². The molecule has 0 aliphatic carbocycles. The van der Waals surface area contributed by atoms with Gasteiger partial charge in [0.25, 0.3) is 0 Å². The Bertz CT molecular complexity index is 419. The summed E-state index contributed by atoms with van der Waals surface area (Å²) in [5, 5.41) is 0. The lowest BCUT2D eigenvalue weighted by molar-refractivity contribution is 0.0907. The molecule has 2 rings (SSSR count). The van der Waals surface area contributed by atoms with Crippen molar-refractivity contribution in [2.24, 2.45) is 5.41 Å². The van der Waals surface area contributed by atoms with Crippen LogP contribution in [0.1, 0.15) is 45.1 Å². The van der Waals surface area contributed by atoms with Crippen LogP contribution >= 0.6 is 15.9 Å². The molecule has 1 saturated heterocycles. The van der Waals surface area contributed by atoms with Crippen LogP contribution in [0.15, 0.2) is 22.7 Å². The highest BCUT2D eigenvalue weighted by Crippen LogP contribution is 2.38. The zero-order chi connectivity index (χ0) is 13.9. The zero-order valence-electron chi connectivity index (χ0n) is 11.9. The predicted octanol–water partition coefficient (Wildman–Crippen LogP) is 4.99. The fourth-order valence-electron chi connectivity index (χ4n) is 3.05. The Morgan fingerprint density at radius 2 is 1.84 bits per heavy atom. The predicted molar refractivity (Wildman–Crippen MR) is 81.6 cm³/mol. The molecule has 1 aromatic carbocycles. The molecule has 0 N–H and O–H groups in total. The normalized spacial score (nSPS) is 19.6. The highest BCUT2D eigenvalue weighted by atomic mass is 79.9. The molecule has 19 heavy (non-hydrogen) atoms. The van der Waals surface area contributed by atoms with Crippen molar-refractivity contribution in [2.75, 3.05) is 13.1 Å². The van der Waals surface area contributed by atoms with Gasteiger partial charge in [-0.1, -0.05) is 38.8 Å². The van der Waals surface area contributed by atoms with Crippen LogP contribution < -0.4 is 0 Å². The number of hydrogen-bond donors (Lipinski definition) is 0. The summed E-state index contributed by atoms with van der Waals surface area (Å²) in [6, 6.07) is 5.30. The van der Waals surface area contributed by atoms with E-state index in [0.29, 0.717) is 9.89 Å². The van der Waals surface area contributed by atoms with E-state index in [0.717, 1.165) is 25.2 Å². The van der Waals surface area contributed by atoms with Gasteiger partial charge in [0.1, 0.15) is 5.82 Å². The average molecular weight is 328 g/mol. The van der Waals surface area contributed by atoms with E-state index in [-0.39, 0.29) is 5.82 Å². The van der Waals surface area contributed by atoms with E-state index in [4.69, 9.17) is 0 Å². The first-order chi connectivity index (χ1) is 9.10. The fraction of sp³-hybridized carbons (Fsp3) is 0.625. The van der Waals surface area contributed by atoms with Gasteiger partial charge in [0.05, 0.1) is 4.47 Å². The Morgan fingerprint density at radius 1 is 1.21 bits per heavy atom. The molecule has 0 aromatic heterocycles. The number of rotatable bonds is 4. The first-order valence-corrected chi connectivity index (χ1v) is 8.05. The second-order valence-corrected chi connectivity index (χ2v) is 6.49. The Hall–Kier alpha value is -0.410. The molecule has 1 aliphatic rings. The molecule has 0 saturated carbocycles. The van der Waals surface area contributed by atoms with Crippen LogP contribution in [0.25, 0.3) is 0 Å². The van der Waals surface area contributed by atoms with Gasteiger partial charge in [-0.05, 0) is 58.9 Å². The quantitative estimate of drug-likeness (QED) is 0.752. The van der Waals surface area contributed by atoms with Gasteiger partial charge in [-0.2, -0.15) is 0 Å². The topological polar surface area (TPSA) is 3.24 Å². The summed E-state index contributed by atoms with van der Waals surface area (Å²) < 4.78 is 14.1. The number of likely N-dealkylation sites (tertiary alicyclic amines) is 1. The smallest absolute Gasteiger partial charge is 0.137 e. The van der Waals surface area contributed by atoms with Gasteiger partial charge in [-0.15, -0.1) is 0 Å². The van der Waals surface area contributed by atoms with Crippen LogP contribution in [0.4, 0.5) is 4.39 Å². The van der Waals surface area contributed by atoms with Crippen LogP contribution in [0.5, 0.6) is 0 Å². The van der Waals surface area contributed by atoms with Gasteiger partial charge >= 0.3 is 0 Å². The molecule has 0 radical (unpaired) electrons. The Morgan fingerprint density at radius 3 is 2.42 bits per heavy atom. The zero-order valence-corrected chi connectivity index (χ0v) is 13.5. The third-order valence-electron chi connectivity index (χ3n) is 4.84. The van der Waals surface area contributed by atoms with Crippen LogP contribution in [0, 0.1) is 11.2 Å². The first-order valence-electron chi connectivity index (χ1n) is 7.25. The largest absolute Gasteiger partial charge is 0.299 e. The molecule has 1 aromatic rings.